The van der Waals surface area contributed by atoms with Crippen LogP contribution in [0.1, 0.15) is 0 Å². The van der Waals surface area contributed by atoms with E-state index in [2.05, 4.69) is 5.32 Å². The van der Waals surface area contributed by atoms with E-state index in [1.54, 1.807) is 36.4 Å². The van der Waals surface area contributed by atoms with Crippen molar-refractivity contribution in [2.45, 2.75) is 0 Å². The minimum atomic E-state index is -3.70. The van der Waals surface area contributed by atoms with Crippen molar-refractivity contribution in [2.75, 3.05) is 35.6 Å². The third-order valence-electron chi connectivity index (χ3n) is 3.65. The molecule has 3 rings (SSSR count). The number of carbonyl (C=O) groups excluding carboxylic acids is 1. The fourth-order valence-electron chi connectivity index (χ4n) is 2.47. The molecule has 0 saturated carbocycles. The largest absolute Gasteiger partial charge is 0.486 e. The Balaban J connectivity index is 1.83. The van der Waals surface area contributed by atoms with Gasteiger partial charge in [-0.15, -0.1) is 0 Å². The summed E-state index contributed by atoms with van der Waals surface area (Å²) in [5.41, 5.74) is 0.723. The summed E-state index contributed by atoms with van der Waals surface area (Å²) in [5.74, 6) is 0.460. The molecule has 0 radical (unpaired) electrons. The molecule has 1 aliphatic rings. The number of carbonyl (C=O) groups is 1. The topological polar surface area (TPSA) is 84.9 Å². The molecule has 0 unspecified atom stereocenters. The highest BCUT2D eigenvalue weighted by Gasteiger charge is 2.23. The van der Waals surface area contributed by atoms with Crippen molar-refractivity contribution in [3.05, 3.63) is 47.5 Å². The van der Waals surface area contributed by atoms with Gasteiger partial charge in [0, 0.05) is 6.07 Å². The normalized spacial score (nSPS) is 13.2. The number of rotatable bonds is 5. The summed E-state index contributed by atoms with van der Waals surface area (Å²) in [4.78, 5) is 12.4. The number of halogens is 1. The standard InChI is InChI=1S/C17H17ClN2O5S/c1-26(22,23)20(11-17(21)19-14-5-3-2-4-13(14)18)12-6-7-15-16(10-12)25-9-8-24-15/h2-7,10H,8-9,11H2,1H3,(H,19,21). The van der Waals surface area contributed by atoms with E-state index in [-0.39, 0.29) is 0 Å². The lowest BCUT2D eigenvalue weighted by Gasteiger charge is -2.24. The summed E-state index contributed by atoms with van der Waals surface area (Å²) < 4.78 is 36.3. The summed E-state index contributed by atoms with van der Waals surface area (Å²) >= 11 is 6.01. The van der Waals surface area contributed by atoms with E-state index in [1.165, 1.54) is 6.07 Å². The van der Waals surface area contributed by atoms with Crippen molar-refractivity contribution < 1.29 is 22.7 Å². The van der Waals surface area contributed by atoms with Gasteiger partial charge >= 0.3 is 0 Å². The van der Waals surface area contributed by atoms with Crippen molar-refractivity contribution in [1.29, 1.82) is 0 Å². The molecule has 138 valence electrons. The fourth-order valence-corrected chi connectivity index (χ4v) is 3.50. The van der Waals surface area contributed by atoms with Crippen molar-refractivity contribution in [2.24, 2.45) is 0 Å². The molecule has 9 heteroatoms. The van der Waals surface area contributed by atoms with Crippen LogP contribution in [0.4, 0.5) is 11.4 Å². The average molecular weight is 397 g/mol. The van der Waals surface area contributed by atoms with E-state index in [0.717, 1.165) is 10.6 Å². The summed E-state index contributed by atoms with van der Waals surface area (Å²) in [5, 5.41) is 2.98. The Kier molecular flexibility index (Phi) is 5.24. The predicted octanol–water partition coefficient (Wildman–Crippen LogP) is 2.52. The number of nitrogens with zero attached hydrogens (tertiary/aromatic N) is 1. The van der Waals surface area contributed by atoms with Crippen LogP contribution in [0.2, 0.25) is 5.02 Å². The van der Waals surface area contributed by atoms with Gasteiger partial charge in [-0.1, -0.05) is 23.7 Å². The zero-order chi connectivity index (χ0) is 18.7. The molecule has 26 heavy (non-hydrogen) atoms. The lowest BCUT2D eigenvalue weighted by Crippen LogP contribution is -2.37. The third-order valence-corrected chi connectivity index (χ3v) is 5.12. The van der Waals surface area contributed by atoms with Gasteiger partial charge in [-0.3, -0.25) is 9.10 Å². The van der Waals surface area contributed by atoms with Gasteiger partial charge in [0.25, 0.3) is 0 Å². The molecular formula is C17H17ClN2O5S. The van der Waals surface area contributed by atoms with E-state index in [4.69, 9.17) is 21.1 Å². The molecule has 0 atom stereocenters. The van der Waals surface area contributed by atoms with Gasteiger partial charge in [0.2, 0.25) is 15.9 Å². The molecule has 0 bridgehead atoms. The quantitative estimate of drug-likeness (QED) is 0.839. The van der Waals surface area contributed by atoms with E-state index in [1.807, 2.05) is 0 Å². The highest BCUT2D eigenvalue weighted by atomic mass is 35.5. The van der Waals surface area contributed by atoms with Crippen LogP contribution in [-0.2, 0) is 14.8 Å². The minimum absolute atomic E-state index is 0.311. The van der Waals surface area contributed by atoms with Crippen LogP contribution >= 0.6 is 11.6 Å². The number of benzene rings is 2. The fraction of sp³-hybridized carbons (Fsp3) is 0.235. The smallest absolute Gasteiger partial charge is 0.245 e. The molecule has 0 aliphatic carbocycles. The van der Waals surface area contributed by atoms with Crippen LogP contribution < -0.4 is 19.1 Å². The summed E-state index contributed by atoms with van der Waals surface area (Å²) in [6, 6.07) is 11.4. The van der Waals surface area contributed by atoms with Gasteiger partial charge < -0.3 is 14.8 Å². The summed E-state index contributed by atoms with van der Waals surface area (Å²) in [6.45, 7) is 0.411. The number of fused-ring (bicyclic) bond motifs is 1. The van der Waals surface area contributed by atoms with Crippen molar-refractivity contribution in [3.63, 3.8) is 0 Å². The first kappa shape index (κ1) is 18.3. The molecule has 2 aromatic rings. The second-order valence-corrected chi connectivity index (χ2v) is 7.94. The molecule has 1 aliphatic heterocycles. The molecule has 1 N–H and O–H groups in total. The molecule has 2 aromatic carbocycles. The number of para-hydroxylation sites is 1. The van der Waals surface area contributed by atoms with E-state index < -0.39 is 22.5 Å². The van der Waals surface area contributed by atoms with Crippen molar-refractivity contribution in [3.8, 4) is 11.5 Å². The number of ether oxygens (including phenoxy) is 2. The van der Waals surface area contributed by atoms with Gasteiger partial charge in [0.1, 0.15) is 19.8 Å². The maximum absolute atomic E-state index is 12.4. The molecule has 1 heterocycles. The van der Waals surface area contributed by atoms with Crippen molar-refractivity contribution in [1.82, 2.24) is 0 Å². The Morgan fingerprint density at radius 1 is 1.15 bits per heavy atom. The Hall–Kier alpha value is -2.45. The van der Waals surface area contributed by atoms with Crippen LogP contribution in [0.5, 0.6) is 11.5 Å². The molecular weight excluding hydrogens is 380 g/mol. The Labute approximate surface area is 156 Å². The minimum Gasteiger partial charge on any atom is -0.486 e. The zero-order valence-electron chi connectivity index (χ0n) is 13.9. The molecule has 7 nitrogen and oxygen atoms in total. The van der Waals surface area contributed by atoms with Gasteiger partial charge in [-0.2, -0.15) is 0 Å². The Morgan fingerprint density at radius 2 is 1.85 bits per heavy atom. The van der Waals surface area contributed by atoms with E-state index >= 15 is 0 Å². The highest BCUT2D eigenvalue weighted by Crippen LogP contribution is 2.34. The number of hydrogen-bond acceptors (Lipinski definition) is 5. The second kappa shape index (κ2) is 7.43. The number of sulfonamides is 1. The lowest BCUT2D eigenvalue weighted by atomic mass is 10.2. The van der Waals surface area contributed by atoms with Crippen LogP contribution in [0, 0.1) is 0 Å². The maximum Gasteiger partial charge on any atom is 0.245 e. The molecule has 1 amide bonds. The second-order valence-electron chi connectivity index (χ2n) is 5.63. The van der Waals surface area contributed by atoms with Gasteiger partial charge in [0.05, 0.1) is 22.7 Å². The van der Waals surface area contributed by atoms with Gasteiger partial charge in [-0.25, -0.2) is 8.42 Å². The summed E-state index contributed by atoms with van der Waals surface area (Å²) in [6.07, 6.45) is 1.03. The van der Waals surface area contributed by atoms with Crippen LogP contribution in [0.15, 0.2) is 42.5 Å². The Morgan fingerprint density at radius 3 is 2.54 bits per heavy atom. The lowest BCUT2D eigenvalue weighted by molar-refractivity contribution is -0.114. The first-order valence-corrected chi connectivity index (χ1v) is 9.99. The van der Waals surface area contributed by atoms with Gasteiger partial charge in [0.15, 0.2) is 11.5 Å². The molecule has 0 spiro atoms. The average Bonchev–Trinajstić information content (AvgIpc) is 2.60. The number of amides is 1. The maximum atomic E-state index is 12.4. The number of anilines is 2. The SMILES string of the molecule is CS(=O)(=O)N(CC(=O)Nc1ccccc1Cl)c1ccc2c(c1)OCCO2. The summed E-state index contributed by atoms with van der Waals surface area (Å²) in [7, 11) is -3.70. The zero-order valence-corrected chi connectivity index (χ0v) is 15.5. The molecule has 0 aromatic heterocycles. The van der Waals surface area contributed by atoms with Gasteiger partial charge in [-0.05, 0) is 24.3 Å². The first-order chi connectivity index (χ1) is 12.3. The Bertz CT molecular complexity index is 933. The predicted molar refractivity (Wildman–Crippen MR) is 99.7 cm³/mol. The van der Waals surface area contributed by atoms with Crippen LogP contribution in [-0.4, -0.2) is 40.3 Å². The molecule has 0 saturated heterocycles. The monoisotopic (exact) mass is 396 g/mol. The highest BCUT2D eigenvalue weighted by molar-refractivity contribution is 7.92. The van der Waals surface area contributed by atoms with Crippen LogP contribution in [0.3, 0.4) is 0 Å². The number of nitrogens with one attached hydrogen (secondary N) is 1. The van der Waals surface area contributed by atoms with Crippen LogP contribution in [0.25, 0.3) is 0 Å². The first-order valence-electron chi connectivity index (χ1n) is 7.76. The molecule has 0 fully saturated rings. The van der Waals surface area contributed by atoms with E-state index in [9.17, 15) is 13.2 Å². The third kappa shape index (κ3) is 4.20. The van der Waals surface area contributed by atoms with E-state index in [0.29, 0.717) is 41.1 Å². The number of hydrogen-bond donors (Lipinski definition) is 1. The van der Waals surface area contributed by atoms with Crippen molar-refractivity contribution >= 4 is 38.9 Å².